The van der Waals surface area contributed by atoms with Gasteiger partial charge in [-0.2, -0.15) is 0 Å². The molecule has 0 bridgehead atoms. The van der Waals surface area contributed by atoms with Crippen molar-refractivity contribution in [3.63, 3.8) is 0 Å². The third-order valence-electron chi connectivity index (χ3n) is 2.88. The fourth-order valence-electron chi connectivity index (χ4n) is 1.90. The van der Waals surface area contributed by atoms with Crippen LogP contribution >= 0.6 is 0 Å². The van der Waals surface area contributed by atoms with Gasteiger partial charge >= 0.3 is 5.97 Å². The van der Waals surface area contributed by atoms with Gasteiger partial charge in [0.2, 0.25) is 5.91 Å². The molecule has 0 aromatic heterocycles. The lowest BCUT2D eigenvalue weighted by Gasteiger charge is -2.12. The molecule has 1 N–H and O–H groups in total. The molecule has 1 heterocycles. The highest BCUT2D eigenvalue weighted by molar-refractivity contribution is 6.20. The van der Waals surface area contributed by atoms with Gasteiger partial charge in [-0.15, -0.1) is 0 Å². The smallest absolute Gasteiger partial charge is 0.333 e. The van der Waals surface area contributed by atoms with E-state index < -0.39 is 17.8 Å². The van der Waals surface area contributed by atoms with E-state index in [9.17, 15) is 19.2 Å². The number of rotatable bonds is 5. The first kappa shape index (κ1) is 14.7. The summed E-state index contributed by atoms with van der Waals surface area (Å²) in [6.07, 6.45) is -0.269. The Morgan fingerprint density at radius 2 is 1.67 bits per heavy atom. The van der Waals surface area contributed by atoms with Gasteiger partial charge in [0.05, 0.1) is 17.5 Å². The maximum atomic E-state index is 11.9. The molecule has 0 aliphatic carbocycles. The second-order valence-electron chi connectivity index (χ2n) is 4.37. The van der Waals surface area contributed by atoms with Gasteiger partial charge in [-0.3, -0.25) is 14.4 Å². The van der Waals surface area contributed by atoms with Crippen molar-refractivity contribution in [1.29, 1.82) is 0 Å². The summed E-state index contributed by atoms with van der Waals surface area (Å²) in [5.74, 6) is -2.46. The fourth-order valence-corrected chi connectivity index (χ4v) is 1.90. The molecule has 110 valence electrons. The Labute approximate surface area is 120 Å². The first-order chi connectivity index (χ1) is 10.0. The minimum Gasteiger partial charge on any atom is -0.356 e. The molecule has 0 atom stereocenters. The van der Waals surface area contributed by atoms with Crippen LogP contribution in [0.15, 0.2) is 24.3 Å². The van der Waals surface area contributed by atoms with Gasteiger partial charge in [-0.05, 0) is 19.1 Å². The Morgan fingerprint density at radius 3 is 2.19 bits per heavy atom. The van der Waals surface area contributed by atoms with Crippen molar-refractivity contribution in [3.05, 3.63) is 35.4 Å². The molecule has 0 saturated carbocycles. The van der Waals surface area contributed by atoms with Crippen LogP contribution in [0.1, 0.15) is 40.5 Å². The summed E-state index contributed by atoms with van der Waals surface area (Å²) >= 11 is 0. The fraction of sp³-hybridized carbons (Fsp3) is 0.286. The number of nitrogens with zero attached hydrogens (tertiary/aromatic N) is 1. The van der Waals surface area contributed by atoms with Gasteiger partial charge in [0.1, 0.15) is 0 Å². The molecule has 3 amide bonds. The Balaban J connectivity index is 1.96. The number of hydrogen-bond donors (Lipinski definition) is 1. The number of imide groups is 1. The molecule has 2 rings (SSSR count). The number of nitrogens with one attached hydrogen (secondary N) is 1. The molecule has 1 aromatic rings. The van der Waals surface area contributed by atoms with Crippen LogP contribution in [0.5, 0.6) is 0 Å². The molecular formula is C14H14N2O5. The van der Waals surface area contributed by atoms with E-state index in [1.807, 2.05) is 0 Å². The van der Waals surface area contributed by atoms with Gasteiger partial charge in [0.25, 0.3) is 11.8 Å². The van der Waals surface area contributed by atoms with Crippen LogP contribution in [-0.2, 0) is 14.4 Å². The van der Waals surface area contributed by atoms with Crippen LogP contribution in [0.2, 0.25) is 0 Å². The van der Waals surface area contributed by atoms with Crippen LogP contribution in [-0.4, -0.2) is 35.3 Å². The Morgan fingerprint density at radius 1 is 1.10 bits per heavy atom. The number of amides is 3. The van der Waals surface area contributed by atoms with Crippen LogP contribution in [0.25, 0.3) is 0 Å². The SMILES string of the molecule is CCNC(=O)CCC(=O)ON1C(=O)c2ccccc2C1=O. The van der Waals surface area contributed by atoms with Gasteiger partial charge in [-0.1, -0.05) is 17.2 Å². The maximum Gasteiger partial charge on any atom is 0.333 e. The first-order valence-electron chi connectivity index (χ1n) is 6.50. The zero-order valence-electron chi connectivity index (χ0n) is 11.4. The summed E-state index contributed by atoms with van der Waals surface area (Å²) in [6, 6.07) is 6.20. The van der Waals surface area contributed by atoms with Crippen molar-refractivity contribution in [3.8, 4) is 0 Å². The number of carbonyl (C=O) groups is 4. The molecule has 0 radical (unpaired) electrons. The second kappa shape index (κ2) is 6.17. The molecule has 21 heavy (non-hydrogen) atoms. The summed E-state index contributed by atoms with van der Waals surface area (Å²) in [7, 11) is 0. The quantitative estimate of drug-likeness (QED) is 0.804. The monoisotopic (exact) mass is 290 g/mol. The third-order valence-corrected chi connectivity index (χ3v) is 2.88. The summed E-state index contributed by atoms with van der Waals surface area (Å²) in [4.78, 5) is 51.5. The average molecular weight is 290 g/mol. The van der Waals surface area contributed by atoms with Crippen LogP contribution in [0, 0.1) is 0 Å². The lowest BCUT2D eigenvalue weighted by molar-refractivity contribution is -0.169. The van der Waals surface area contributed by atoms with E-state index in [0.29, 0.717) is 11.6 Å². The second-order valence-corrected chi connectivity index (χ2v) is 4.37. The summed E-state index contributed by atoms with van der Waals surface area (Å²) < 4.78 is 0. The number of fused-ring (bicyclic) bond motifs is 1. The maximum absolute atomic E-state index is 11.9. The molecule has 0 spiro atoms. The number of hydroxylamine groups is 2. The standard InChI is InChI=1S/C14H14N2O5/c1-2-15-11(17)7-8-12(18)21-16-13(19)9-5-3-4-6-10(9)14(16)20/h3-6H,2,7-8H2,1H3,(H,15,17). The van der Waals surface area contributed by atoms with E-state index in [2.05, 4.69) is 5.32 Å². The molecule has 1 aliphatic rings. The lowest BCUT2D eigenvalue weighted by atomic mass is 10.1. The molecule has 1 aliphatic heterocycles. The predicted octanol–water partition coefficient (Wildman–Crippen LogP) is 0.657. The highest BCUT2D eigenvalue weighted by Gasteiger charge is 2.38. The largest absolute Gasteiger partial charge is 0.356 e. The number of hydrogen-bond acceptors (Lipinski definition) is 5. The number of benzene rings is 1. The van der Waals surface area contributed by atoms with Crippen LogP contribution < -0.4 is 5.32 Å². The molecule has 1 aromatic carbocycles. The van der Waals surface area contributed by atoms with Gasteiger partial charge in [0.15, 0.2) is 0 Å². The predicted molar refractivity (Wildman–Crippen MR) is 71.0 cm³/mol. The average Bonchev–Trinajstić information content (AvgIpc) is 2.71. The Bertz CT molecular complexity index is 576. The molecule has 0 unspecified atom stereocenters. The van der Waals surface area contributed by atoms with Crippen molar-refractivity contribution in [2.75, 3.05) is 6.54 Å². The van der Waals surface area contributed by atoms with Crippen LogP contribution in [0.3, 0.4) is 0 Å². The highest BCUT2D eigenvalue weighted by atomic mass is 16.7. The van der Waals surface area contributed by atoms with E-state index in [1.165, 1.54) is 12.1 Å². The molecule has 7 heteroatoms. The molecule has 0 saturated heterocycles. The number of carbonyl (C=O) groups excluding carboxylic acids is 4. The summed E-state index contributed by atoms with van der Waals surface area (Å²) in [5.41, 5.74) is 0.387. The summed E-state index contributed by atoms with van der Waals surface area (Å²) in [6.45, 7) is 2.22. The summed E-state index contributed by atoms with van der Waals surface area (Å²) in [5, 5.41) is 2.97. The minimum atomic E-state index is -0.809. The molecule has 0 fully saturated rings. The Kier molecular flexibility index (Phi) is 4.32. The highest BCUT2D eigenvalue weighted by Crippen LogP contribution is 2.22. The Hall–Kier alpha value is -2.70. The van der Waals surface area contributed by atoms with E-state index in [-0.39, 0.29) is 29.9 Å². The van der Waals surface area contributed by atoms with E-state index in [4.69, 9.17) is 4.84 Å². The van der Waals surface area contributed by atoms with E-state index in [0.717, 1.165) is 0 Å². The van der Waals surface area contributed by atoms with E-state index in [1.54, 1.807) is 19.1 Å². The zero-order chi connectivity index (χ0) is 15.4. The zero-order valence-corrected chi connectivity index (χ0v) is 11.4. The van der Waals surface area contributed by atoms with Gasteiger partial charge in [0, 0.05) is 13.0 Å². The first-order valence-corrected chi connectivity index (χ1v) is 6.50. The van der Waals surface area contributed by atoms with Crippen molar-refractivity contribution < 1.29 is 24.0 Å². The third kappa shape index (κ3) is 3.07. The van der Waals surface area contributed by atoms with Crippen molar-refractivity contribution in [1.82, 2.24) is 10.4 Å². The molecule has 7 nitrogen and oxygen atoms in total. The van der Waals surface area contributed by atoms with Crippen LogP contribution in [0.4, 0.5) is 0 Å². The van der Waals surface area contributed by atoms with Crippen molar-refractivity contribution in [2.45, 2.75) is 19.8 Å². The minimum absolute atomic E-state index is 0.0597. The lowest BCUT2D eigenvalue weighted by Crippen LogP contribution is -2.33. The topological polar surface area (TPSA) is 92.8 Å². The van der Waals surface area contributed by atoms with Crippen molar-refractivity contribution >= 4 is 23.7 Å². The molecular weight excluding hydrogens is 276 g/mol. The normalized spacial score (nSPS) is 13.1. The van der Waals surface area contributed by atoms with Gasteiger partial charge < -0.3 is 10.2 Å². The van der Waals surface area contributed by atoms with E-state index >= 15 is 0 Å². The van der Waals surface area contributed by atoms with Gasteiger partial charge in [-0.25, -0.2) is 4.79 Å². The van der Waals surface area contributed by atoms with Crippen molar-refractivity contribution in [2.24, 2.45) is 0 Å².